The predicted molar refractivity (Wildman–Crippen MR) is 120 cm³/mol. The van der Waals surface area contributed by atoms with Crippen molar-refractivity contribution in [1.82, 2.24) is 10.3 Å². The van der Waals surface area contributed by atoms with E-state index in [9.17, 15) is 9.00 Å². The van der Waals surface area contributed by atoms with E-state index in [1.54, 1.807) is 18.2 Å². The van der Waals surface area contributed by atoms with Crippen molar-refractivity contribution < 1.29 is 17.8 Å². The van der Waals surface area contributed by atoms with Gasteiger partial charge in [0.25, 0.3) is 5.91 Å². The summed E-state index contributed by atoms with van der Waals surface area (Å²) >= 11 is 6.03. The summed E-state index contributed by atoms with van der Waals surface area (Å²) in [6, 6.07) is 8.89. The number of carbonyl (C=O) groups is 1. The third-order valence-electron chi connectivity index (χ3n) is 7.07. The molecule has 1 amide bonds. The highest BCUT2D eigenvalue weighted by Crippen LogP contribution is 2.61. The van der Waals surface area contributed by atoms with Gasteiger partial charge in [0.2, 0.25) is 0 Å². The largest absolute Gasteiger partial charge is 0.455 e. The predicted octanol–water partition coefficient (Wildman–Crippen LogP) is 5.24. The van der Waals surface area contributed by atoms with Crippen LogP contribution >= 0.6 is 11.6 Å². The van der Waals surface area contributed by atoms with E-state index >= 15 is 0 Å². The van der Waals surface area contributed by atoms with Gasteiger partial charge in [-0.1, -0.05) is 11.6 Å². The molecule has 1 aromatic carbocycles. The van der Waals surface area contributed by atoms with Crippen molar-refractivity contribution in [2.75, 3.05) is 0 Å². The lowest BCUT2D eigenvalue weighted by Crippen LogP contribution is -2.55. The molecule has 0 radical (unpaired) electrons. The molecule has 3 aliphatic rings. The summed E-state index contributed by atoms with van der Waals surface area (Å²) in [6.07, 6.45) is 5.62. The van der Waals surface area contributed by atoms with Gasteiger partial charge in [0, 0.05) is 22.2 Å². The highest BCUT2D eigenvalue weighted by Gasteiger charge is 2.54. The number of hydrogen-bond donors (Lipinski definition) is 2. The van der Waals surface area contributed by atoms with Crippen LogP contribution in [0.25, 0.3) is 11.1 Å². The molecule has 0 saturated heterocycles. The number of amides is 1. The summed E-state index contributed by atoms with van der Waals surface area (Å²) in [5.74, 6) is 1.61. The molecule has 3 fully saturated rings. The molecule has 7 nitrogen and oxygen atoms in total. The molecule has 0 aliphatic heterocycles. The zero-order valence-corrected chi connectivity index (χ0v) is 19.0. The highest BCUT2D eigenvalue weighted by molar-refractivity contribution is 7.92. The van der Waals surface area contributed by atoms with Crippen molar-refractivity contribution in [2.24, 2.45) is 5.41 Å². The monoisotopic (exact) mass is 473 g/mol. The Hall–Kier alpha value is -2.32. The van der Waals surface area contributed by atoms with Gasteiger partial charge in [-0.25, -0.2) is 9.19 Å². The number of nitrogens with zero attached hydrogens (tertiary/aromatic N) is 1. The number of halogens is 1. The van der Waals surface area contributed by atoms with Gasteiger partial charge in [0.05, 0.1) is 15.5 Å². The highest BCUT2D eigenvalue weighted by atomic mass is 35.5. The van der Waals surface area contributed by atoms with Crippen LogP contribution in [-0.2, 0) is 15.5 Å². The van der Waals surface area contributed by atoms with E-state index in [4.69, 9.17) is 25.2 Å². The SMILES string of the molecule is N=S(=O)(Cc1ccc(C(=O)NC2CC3(C2)CC(c2nc4cc(Cl)ccc4o2)C3)o1)C1CC1. The van der Waals surface area contributed by atoms with E-state index < -0.39 is 9.73 Å². The van der Waals surface area contributed by atoms with Gasteiger partial charge in [-0.2, -0.15) is 0 Å². The van der Waals surface area contributed by atoms with Gasteiger partial charge in [0.1, 0.15) is 11.3 Å². The lowest BCUT2D eigenvalue weighted by molar-refractivity contribution is -0.0256. The Labute approximate surface area is 190 Å². The molecule has 1 atom stereocenters. The number of carbonyl (C=O) groups excluding carboxylic acids is 1. The molecule has 3 saturated carbocycles. The maximum atomic E-state index is 12.5. The van der Waals surface area contributed by atoms with Crippen LogP contribution in [0.1, 0.15) is 66.6 Å². The van der Waals surface area contributed by atoms with Gasteiger partial charge in [-0.3, -0.25) is 9.57 Å². The van der Waals surface area contributed by atoms with Crippen LogP contribution < -0.4 is 5.32 Å². The smallest absolute Gasteiger partial charge is 0.287 e. The van der Waals surface area contributed by atoms with Crippen molar-refractivity contribution in [2.45, 2.75) is 61.5 Å². The molecule has 1 spiro atoms. The summed E-state index contributed by atoms with van der Waals surface area (Å²) in [7, 11) is -2.66. The Morgan fingerprint density at radius 2 is 1.97 bits per heavy atom. The number of rotatable bonds is 6. The summed E-state index contributed by atoms with van der Waals surface area (Å²) < 4.78 is 31.8. The molecule has 2 N–H and O–H groups in total. The van der Waals surface area contributed by atoms with E-state index in [1.807, 2.05) is 12.1 Å². The molecule has 6 rings (SSSR count). The molecule has 9 heteroatoms. The zero-order valence-electron chi connectivity index (χ0n) is 17.4. The minimum atomic E-state index is -2.66. The van der Waals surface area contributed by atoms with Crippen LogP contribution in [0.5, 0.6) is 0 Å². The molecule has 3 aromatic rings. The second-order valence-corrected chi connectivity index (χ2v) is 12.5. The summed E-state index contributed by atoms with van der Waals surface area (Å²) in [5, 5.41) is 3.68. The van der Waals surface area contributed by atoms with E-state index in [0.29, 0.717) is 16.7 Å². The van der Waals surface area contributed by atoms with E-state index in [1.165, 1.54) is 0 Å². The molecule has 1 unspecified atom stereocenters. The summed E-state index contributed by atoms with van der Waals surface area (Å²) in [4.78, 5) is 17.1. The first-order valence-electron chi connectivity index (χ1n) is 11.0. The topological polar surface area (TPSA) is 109 Å². The second-order valence-electron chi connectivity index (χ2n) is 9.68. The second kappa shape index (κ2) is 7.09. The molecule has 2 heterocycles. The normalized spacial score (nSPS) is 28.8. The first kappa shape index (κ1) is 20.3. The Balaban J connectivity index is 1.01. The number of nitrogens with one attached hydrogen (secondary N) is 2. The Bertz CT molecular complexity index is 1310. The quantitative estimate of drug-likeness (QED) is 0.508. The Kier molecular flexibility index (Phi) is 4.50. The van der Waals surface area contributed by atoms with Crippen molar-refractivity contribution in [3.05, 3.63) is 52.8 Å². The van der Waals surface area contributed by atoms with Crippen molar-refractivity contribution in [1.29, 1.82) is 4.78 Å². The van der Waals surface area contributed by atoms with Crippen LogP contribution in [0.4, 0.5) is 0 Å². The first-order chi connectivity index (χ1) is 15.3. The van der Waals surface area contributed by atoms with Gasteiger partial charge in [0.15, 0.2) is 17.2 Å². The molecule has 168 valence electrons. The molecule has 32 heavy (non-hydrogen) atoms. The van der Waals surface area contributed by atoms with Crippen LogP contribution in [0.2, 0.25) is 5.02 Å². The summed E-state index contributed by atoms with van der Waals surface area (Å²) in [6.45, 7) is 0. The third kappa shape index (κ3) is 3.63. The number of aromatic nitrogens is 1. The van der Waals surface area contributed by atoms with E-state index in [0.717, 1.165) is 55.5 Å². The maximum Gasteiger partial charge on any atom is 0.287 e. The molecular formula is C23H24ClN3O4S. The van der Waals surface area contributed by atoms with E-state index in [-0.39, 0.29) is 34.1 Å². The lowest BCUT2D eigenvalue weighted by Gasteiger charge is -2.57. The number of furan rings is 1. The number of fused-ring (bicyclic) bond motifs is 1. The van der Waals surface area contributed by atoms with Gasteiger partial charge in [-0.05, 0) is 74.3 Å². The summed E-state index contributed by atoms with van der Waals surface area (Å²) in [5.41, 5.74) is 1.82. The number of hydrogen-bond acceptors (Lipinski definition) is 6. The van der Waals surface area contributed by atoms with Crippen LogP contribution in [0.3, 0.4) is 0 Å². The van der Waals surface area contributed by atoms with Crippen molar-refractivity contribution >= 4 is 38.3 Å². The van der Waals surface area contributed by atoms with Crippen LogP contribution in [0, 0.1) is 10.2 Å². The average molecular weight is 474 g/mol. The van der Waals surface area contributed by atoms with Gasteiger partial charge < -0.3 is 14.2 Å². The van der Waals surface area contributed by atoms with Gasteiger partial charge in [-0.15, -0.1) is 0 Å². The van der Waals surface area contributed by atoms with E-state index in [2.05, 4.69) is 10.3 Å². The molecule has 0 bridgehead atoms. The van der Waals surface area contributed by atoms with Crippen molar-refractivity contribution in [3.8, 4) is 0 Å². The standard InChI is InChI=1S/C23H24ClN3O4S/c24-14-1-5-19-18(7-14)27-22(31-19)13-8-23(9-13)10-15(11-23)26-21(28)20-6-2-16(30-20)12-32(25,29)17-3-4-17/h1-2,5-7,13,15,17,25H,3-4,8-12H2,(H,26,28). The lowest BCUT2D eigenvalue weighted by atomic mass is 9.50. The fraction of sp³-hybridized carbons (Fsp3) is 0.478. The Morgan fingerprint density at radius 1 is 1.19 bits per heavy atom. The van der Waals surface area contributed by atoms with Crippen molar-refractivity contribution in [3.63, 3.8) is 0 Å². The third-order valence-corrected chi connectivity index (χ3v) is 9.57. The Morgan fingerprint density at radius 3 is 2.72 bits per heavy atom. The molecule has 3 aliphatic carbocycles. The molecule has 2 aromatic heterocycles. The number of oxazole rings is 1. The fourth-order valence-electron chi connectivity index (χ4n) is 5.29. The average Bonchev–Trinajstić information content (AvgIpc) is 3.33. The first-order valence-corrected chi connectivity index (χ1v) is 13.2. The van der Waals surface area contributed by atoms with Crippen LogP contribution in [-0.4, -0.2) is 26.4 Å². The molecular weight excluding hydrogens is 450 g/mol. The maximum absolute atomic E-state index is 12.5. The van der Waals surface area contributed by atoms with Crippen LogP contribution in [0.15, 0.2) is 39.2 Å². The number of benzene rings is 1. The zero-order chi connectivity index (χ0) is 22.1. The van der Waals surface area contributed by atoms with Gasteiger partial charge >= 0.3 is 0 Å². The minimum absolute atomic E-state index is 0.0186. The fourth-order valence-corrected chi connectivity index (χ4v) is 7.16. The minimum Gasteiger partial charge on any atom is -0.455 e.